The second kappa shape index (κ2) is 7.74. The molecule has 0 bridgehead atoms. The third-order valence-corrected chi connectivity index (χ3v) is 6.54. The normalized spacial score (nSPS) is 12.1. The molecule has 3 rings (SSSR count). The first kappa shape index (κ1) is 20.1. The van der Waals surface area contributed by atoms with Crippen LogP contribution >= 0.6 is 0 Å². The Morgan fingerprint density at radius 1 is 1.00 bits per heavy atom. The Balaban J connectivity index is 1.74. The zero-order valence-electron chi connectivity index (χ0n) is 15.2. The molecular formula is C18H19N3O5S2. The molecule has 1 heterocycles. The van der Waals surface area contributed by atoms with Gasteiger partial charge in [-0.25, -0.2) is 26.2 Å². The maximum Gasteiger partial charge on any atom is 0.240 e. The standard InChI is InChI=1S/C18H19N3O5S2/c1-26-18-6-4-3-5-17(18)21-13-14(11-19-21)12-20-28(24,25)16-9-7-15(8-10-16)27(2,22)23/h3-11,13,20H,12H2,1-2H3. The summed E-state index contributed by atoms with van der Waals surface area (Å²) < 4.78 is 57.2. The number of ether oxygens (including phenoxy) is 1. The second-order valence-electron chi connectivity index (χ2n) is 6.03. The Labute approximate surface area is 163 Å². The molecule has 0 aliphatic carbocycles. The van der Waals surface area contributed by atoms with Crippen molar-refractivity contribution < 1.29 is 21.6 Å². The fourth-order valence-corrected chi connectivity index (χ4v) is 4.18. The third kappa shape index (κ3) is 4.41. The molecule has 10 heteroatoms. The molecule has 0 aliphatic rings. The van der Waals surface area contributed by atoms with Gasteiger partial charge in [0.05, 0.1) is 23.1 Å². The maximum atomic E-state index is 12.4. The first-order valence-corrected chi connectivity index (χ1v) is 11.5. The number of sulfonamides is 1. The van der Waals surface area contributed by atoms with Gasteiger partial charge in [-0.2, -0.15) is 5.10 Å². The van der Waals surface area contributed by atoms with Gasteiger partial charge in [-0.1, -0.05) is 12.1 Å². The Kier molecular flexibility index (Phi) is 5.54. The van der Waals surface area contributed by atoms with E-state index in [4.69, 9.17) is 4.74 Å². The van der Waals surface area contributed by atoms with Crippen LogP contribution in [0.5, 0.6) is 5.75 Å². The molecule has 0 atom stereocenters. The largest absolute Gasteiger partial charge is 0.494 e. The summed E-state index contributed by atoms with van der Waals surface area (Å²) in [5.74, 6) is 0.642. The smallest absolute Gasteiger partial charge is 0.240 e. The molecule has 0 saturated carbocycles. The molecule has 2 aromatic carbocycles. The SMILES string of the molecule is COc1ccccc1-n1cc(CNS(=O)(=O)c2ccc(S(C)(=O)=O)cc2)cn1. The highest BCUT2D eigenvalue weighted by atomic mass is 32.2. The average Bonchev–Trinajstić information content (AvgIpc) is 3.15. The highest BCUT2D eigenvalue weighted by Crippen LogP contribution is 2.21. The molecule has 0 aliphatic heterocycles. The van der Waals surface area contributed by atoms with E-state index in [1.807, 2.05) is 18.2 Å². The molecule has 3 aromatic rings. The number of methoxy groups -OCH3 is 1. The number of rotatable bonds is 7. The third-order valence-electron chi connectivity index (χ3n) is 4.00. The molecule has 0 radical (unpaired) electrons. The van der Waals surface area contributed by atoms with Crippen LogP contribution in [0.2, 0.25) is 0 Å². The molecule has 0 saturated heterocycles. The molecular weight excluding hydrogens is 402 g/mol. The van der Waals surface area contributed by atoms with Crippen molar-refractivity contribution in [3.8, 4) is 11.4 Å². The van der Waals surface area contributed by atoms with Crippen LogP contribution in [0.4, 0.5) is 0 Å². The number of hydrogen-bond donors (Lipinski definition) is 1. The summed E-state index contributed by atoms with van der Waals surface area (Å²) >= 11 is 0. The van der Waals surface area contributed by atoms with Gasteiger partial charge in [0, 0.05) is 24.6 Å². The first-order valence-electron chi connectivity index (χ1n) is 8.17. The van der Waals surface area contributed by atoms with Gasteiger partial charge in [0.15, 0.2) is 9.84 Å². The van der Waals surface area contributed by atoms with Gasteiger partial charge in [0.2, 0.25) is 10.0 Å². The number of para-hydroxylation sites is 2. The Bertz CT molecular complexity index is 1180. The van der Waals surface area contributed by atoms with Crippen LogP contribution < -0.4 is 9.46 Å². The number of hydrogen-bond acceptors (Lipinski definition) is 6. The maximum absolute atomic E-state index is 12.4. The zero-order chi connectivity index (χ0) is 20.4. The van der Waals surface area contributed by atoms with Crippen LogP contribution in [0.1, 0.15) is 5.56 Å². The van der Waals surface area contributed by atoms with Gasteiger partial charge in [-0.3, -0.25) is 0 Å². The molecule has 0 amide bonds. The van der Waals surface area contributed by atoms with Crippen LogP contribution in [0.15, 0.2) is 70.7 Å². The predicted octanol–water partition coefficient (Wildman–Crippen LogP) is 1.76. The average molecular weight is 422 g/mol. The van der Waals surface area contributed by atoms with E-state index in [0.29, 0.717) is 11.3 Å². The van der Waals surface area contributed by atoms with Crippen molar-refractivity contribution in [1.29, 1.82) is 0 Å². The van der Waals surface area contributed by atoms with Crippen molar-refractivity contribution in [1.82, 2.24) is 14.5 Å². The van der Waals surface area contributed by atoms with Crippen molar-refractivity contribution in [2.75, 3.05) is 13.4 Å². The zero-order valence-corrected chi connectivity index (χ0v) is 16.9. The van der Waals surface area contributed by atoms with Crippen LogP contribution in [-0.2, 0) is 26.4 Å². The molecule has 1 N–H and O–H groups in total. The van der Waals surface area contributed by atoms with Gasteiger partial charge in [-0.15, -0.1) is 0 Å². The molecule has 1 aromatic heterocycles. The van der Waals surface area contributed by atoms with Crippen molar-refractivity contribution >= 4 is 19.9 Å². The fourth-order valence-electron chi connectivity index (χ4n) is 2.53. The second-order valence-corrected chi connectivity index (χ2v) is 9.82. The fraction of sp³-hybridized carbons (Fsp3) is 0.167. The number of nitrogens with one attached hydrogen (secondary N) is 1. The van der Waals surface area contributed by atoms with Crippen molar-refractivity contribution in [2.45, 2.75) is 16.3 Å². The number of sulfone groups is 1. The van der Waals surface area contributed by atoms with Crippen molar-refractivity contribution in [2.24, 2.45) is 0 Å². The highest BCUT2D eigenvalue weighted by Gasteiger charge is 2.16. The van der Waals surface area contributed by atoms with E-state index in [0.717, 1.165) is 11.9 Å². The summed E-state index contributed by atoms with van der Waals surface area (Å²) in [5.41, 5.74) is 1.39. The first-order chi connectivity index (χ1) is 13.2. The van der Waals surface area contributed by atoms with Gasteiger partial charge < -0.3 is 4.74 Å². The summed E-state index contributed by atoms with van der Waals surface area (Å²) in [6.07, 6.45) is 4.32. The van der Waals surface area contributed by atoms with E-state index < -0.39 is 19.9 Å². The van der Waals surface area contributed by atoms with E-state index in [9.17, 15) is 16.8 Å². The minimum Gasteiger partial charge on any atom is -0.494 e. The number of benzene rings is 2. The van der Waals surface area contributed by atoms with E-state index in [-0.39, 0.29) is 16.3 Å². The minimum atomic E-state index is -3.80. The van der Waals surface area contributed by atoms with Crippen LogP contribution in [0.3, 0.4) is 0 Å². The van der Waals surface area contributed by atoms with Crippen molar-refractivity contribution in [3.63, 3.8) is 0 Å². The molecule has 28 heavy (non-hydrogen) atoms. The lowest BCUT2D eigenvalue weighted by atomic mass is 10.3. The lowest BCUT2D eigenvalue weighted by Gasteiger charge is -2.08. The Morgan fingerprint density at radius 2 is 1.64 bits per heavy atom. The van der Waals surface area contributed by atoms with E-state index in [2.05, 4.69) is 9.82 Å². The topological polar surface area (TPSA) is 107 Å². The quantitative estimate of drug-likeness (QED) is 0.623. The summed E-state index contributed by atoms with van der Waals surface area (Å²) in [5, 5.41) is 4.24. The number of aromatic nitrogens is 2. The number of nitrogens with zero attached hydrogens (tertiary/aromatic N) is 2. The summed E-state index contributed by atoms with van der Waals surface area (Å²) in [4.78, 5) is 0.0431. The Hall–Kier alpha value is -2.69. The van der Waals surface area contributed by atoms with Gasteiger partial charge in [-0.05, 0) is 36.4 Å². The van der Waals surface area contributed by atoms with E-state index >= 15 is 0 Å². The molecule has 8 nitrogen and oxygen atoms in total. The minimum absolute atomic E-state index is 0.0166. The van der Waals surface area contributed by atoms with Crippen LogP contribution in [0.25, 0.3) is 5.69 Å². The van der Waals surface area contributed by atoms with E-state index in [1.54, 1.807) is 30.3 Å². The lowest BCUT2D eigenvalue weighted by molar-refractivity contribution is 0.411. The Morgan fingerprint density at radius 3 is 2.29 bits per heavy atom. The van der Waals surface area contributed by atoms with Crippen LogP contribution in [0, 0.1) is 0 Å². The highest BCUT2D eigenvalue weighted by molar-refractivity contribution is 7.90. The molecule has 0 unspecified atom stereocenters. The monoisotopic (exact) mass is 421 g/mol. The van der Waals surface area contributed by atoms with Crippen molar-refractivity contribution in [3.05, 3.63) is 66.5 Å². The molecule has 148 valence electrons. The summed E-state index contributed by atoms with van der Waals surface area (Å²) in [7, 11) is -5.62. The van der Waals surface area contributed by atoms with Gasteiger partial charge >= 0.3 is 0 Å². The van der Waals surface area contributed by atoms with Gasteiger partial charge in [0.25, 0.3) is 0 Å². The van der Waals surface area contributed by atoms with E-state index in [1.165, 1.54) is 24.3 Å². The van der Waals surface area contributed by atoms with Gasteiger partial charge in [0.1, 0.15) is 11.4 Å². The summed E-state index contributed by atoms with van der Waals surface area (Å²) in [6, 6.07) is 12.4. The lowest BCUT2D eigenvalue weighted by Crippen LogP contribution is -2.23. The summed E-state index contributed by atoms with van der Waals surface area (Å²) in [6.45, 7) is 0.0330. The molecule has 0 spiro atoms. The van der Waals surface area contributed by atoms with Crippen LogP contribution in [-0.4, -0.2) is 40.0 Å². The molecule has 0 fully saturated rings. The predicted molar refractivity (Wildman–Crippen MR) is 104 cm³/mol.